The van der Waals surface area contributed by atoms with Gasteiger partial charge in [0.25, 0.3) is 0 Å². The van der Waals surface area contributed by atoms with E-state index in [1.165, 1.54) is 16.7 Å². The highest BCUT2D eigenvalue weighted by atomic mass is 19.4. The normalized spacial score (nSPS) is 17.9. The number of carbonyl (C=O) groups is 3. The number of amides is 1. The minimum absolute atomic E-state index is 0.0230. The lowest BCUT2D eigenvalue weighted by Crippen LogP contribution is -2.41. The SMILES string of the molecule is O=C(C[C@H](/C=C/C(=O)N1Cc2ccccc2C1)CCc1ccccc1)[C@@H]1CCCCN1.O=C(O)C(F)(F)F. The number of rotatable bonds is 8. The minimum Gasteiger partial charge on any atom is -0.475 e. The summed E-state index contributed by atoms with van der Waals surface area (Å²) in [6, 6.07) is 18.6. The standard InChI is InChI=1S/C27H32N2O2.C2HF3O2/c30-26(25-12-6-7-17-28-25)18-22(14-13-21-8-2-1-3-9-21)15-16-27(31)29-19-23-10-4-5-11-24(23)20-29;3-2(4,5)1(6)7/h1-5,8-11,15-16,22,25,28H,6-7,12-14,17-20H2;(H,6,7)/b16-15+;/t22-,25-;/m0./s1. The van der Waals surface area contributed by atoms with Crippen molar-refractivity contribution in [1.82, 2.24) is 10.2 Å². The number of ketones is 1. The topological polar surface area (TPSA) is 86.7 Å². The molecule has 0 saturated carbocycles. The molecule has 1 amide bonds. The van der Waals surface area contributed by atoms with Crippen LogP contribution in [-0.2, 0) is 33.9 Å². The Hall–Kier alpha value is -3.46. The molecule has 0 unspecified atom stereocenters. The zero-order chi connectivity index (χ0) is 27.5. The van der Waals surface area contributed by atoms with Crippen molar-refractivity contribution in [2.45, 2.75) is 63.8 Å². The molecule has 0 aromatic heterocycles. The number of aliphatic carboxylic acids is 1. The predicted octanol–water partition coefficient (Wildman–Crippen LogP) is 5.07. The number of piperidine rings is 1. The number of nitrogens with one attached hydrogen (secondary N) is 1. The number of fused-ring (bicyclic) bond motifs is 1. The van der Waals surface area contributed by atoms with Crippen LogP contribution in [0.2, 0.25) is 0 Å². The summed E-state index contributed by atoms with van der Waals surface area (Å²) in [4.78, 5) is 36.5. The molecular weight excluding hydrogens is 497 g/mol. The second kappa shape index (κ2) is 13.9. The molecule has 0 aliphatic carbocycles. The van der Waals surface area contributed by atoms with Gasteiger partial charge in [-0.15, -0.1) is 0 Å². The van der Waals surface area contributed by atoms with Crippen LogP contribution < -0.4 is 5.32 Å². The van der Waals surface area contributed by atoms with Crippen molar-refractivity contribution >= 4 is 17.7 Å². The summed E-state index contributed by atoms with van der Waals surface area (Å²) >= 11 is 0. The third-order valence-corrected chi connectivity index (χ3v) is 6.71. The second-order valence-corrected chi connectivity index (χ2v) is 9.58. The van der Waals surface area contributed by atoms with E-state index in [1.54, 1.807) is 6.08 Å². The Labute approximate surface area is 220 Å². The monoisotopic (exact) mass is 530 g/mol. The molecule has 204 valence electrons. The fourth-order valence-electron chi connectivity index (χ4n) is 4.60. The van der Waals surface area contributed by atoms with Crippen molar-refractivity contribution in [1.29, 1.82) is 0 Å². The maximum Gasteiger partial charge on any atom is 0.490 e. The number of aryl methyl sites for hydroxylation is 1. The molecule has 2 aliphatic rings. The van der Waals surface area contributed by atoms with E-state index in [2.05, 4.69) is 29.6 Å². The van der Waals surface area contributed by atoms with Crippen molar-refractivity contribution in [3.05, 3.63) is 83.4 Å². The second-order valence-electron chi connectivity index (χ2n) is 9.58. The lowest BCUT2D eigenvalue weighted by atomic mass is 9.90. The number of Topliss-reactive ketones (excluding diaryl/α,β-unsaturated/α-hetero) is 1. The van der Waals surface area contributed by atoms with Gasteiger partial charge in [-0.25, -0.2) is 4.79 Å². The highest BCUT2D eigenvalue weighted by Crippen LogP contribution is 2.23. The van der Waals surface area contributed by atoms with Crippen LogP contribution in [0.4, 0.5) is 13.2 Å². The van der Waals surface area contributed by atoms with Crippen molar-refractivity contribution in [2.24, 2.45) is 5.92 Å². The van der Waals surface area contributed by atoms with Crippen LogP contribution in [0, 0.1) is 5.92 Å². The van der Waals surface area contributed by atoms with Crippen molar-refractivity contribution < 1.29 is 32.7 Å². The highest BCUT2D eigenvalue weighted by molar-refractivity contribution is 5.88. The Bertz CT molecular complexity index is 1090. The molecule has 1 fully saturated rings. The molecule has 6 nitrogen and oxygen atoms in total. The van der Waals surface area contributed by atoms with E-state index in [0.29, 0.717) is 19.5 Å². The first-order valence-electron chi connectivity index (χ1n) is 12.8. The summed E-state index contributed by atoms with van der Waals surface area (Å²) in [5.74, 6) is -2.37. The van der Waals surface area contributed by atoms with Gasteiger partial charge in [0.15, 0.2) is 0 Å². The smallest absolute Gasteiger partial charge is 0.475 e. The van der Waals surface area contributed by atoms with Crippen LogP contribution in [0.3, 0.4) is 0 Å². The molecule has 0 spiro atoms. The molecule has 1 saturated heterocycles. The first kappa shape index (κ1) is 29.1. The Morgan fingerprint density at radius 1 is 1.00 bits per heavy atom. The number of nitrogens with zero attached hydrogens (tertiary/aromatic N) is 1. The van der Waals surface area contributed by atoms with Crippen molar-refractivity contribution in [2.75, 3.05) is 6.54 Å². The summed E-state index contributed by atoms with van der Waals surface area (Å²) in [5.41, 5.74) is 3.72. The molecule has 2 aliphatic heterocycles. The molecular formula is C29H33F3N2O4. The molecule has 4 rings (SSSR count). The third-order valence-electron chi connectivity index (χ3n) is 6.71. The first-order valence-corrected chi connectivity index (χ1v) is 12.8. The number of alkyl halides is 3. The summed E-state index contributed by atoms with van der Waals surface area (Å²) in [7, 11) is 0. The van der Waals surface area contributed by atoms with Gasteiger partial charge in [-0.3, -0.25) is 9.59 Å². The summed E-state index contributed by atoms with van der Waals surface area (Å²) in [6.07, 6.45) is 4.05. The Morgan fingerprint density at radius 3 is 2.16 bits per heavy atom. The Kier molecular flexibility index (Phi) is 10.6. The number of hydrogen-bond donors (Lipinski definition) is 2. The number of allylic oxidation sites excluding steroid dienone is 1. The Morgan fingerprint density at radius 2 is 1.61 bits per heavy atom. The van der Waals surface area contributed by atoms with Gasteiger partial charge < -0.3 is 15.3 Å². The molecule has 2 atom stereocenters. The molecule has 38 heavy (non-hydrogen) atoms. The lowest BCUT2D eigenvalue weighted by Gasteiger charge is -2.24. The lowest BCUT2D eigenvalue weighted by molar-refractivity contribution is -0.192. The maximum absolute atomic E-state index is 12.9. The van der Waals surface area contributed by atoms with Gasteiger partial charge in [-0.2, -0.15) is 13.2 Å². The van der Waals surface area contributed by atoms with Crippen LogP contribution in [0.5, 0.6) is 0 Å². The van der Waals surface area contributed by atoms with E-state index < -0.39 is 12.1 Å². The van der Waals surface area contributed by atoms with Gasteiger partial charge in [0, 0.05) is 19.5 Å². The number of carboxylic acids is 1. The zero-order valence-electron chi connectivity index (χ0n) is 21.1. The minimum atomic E-state index is -5.08. The average molecular weight is 531 g/mol. The predicted molar refractivity (Wildman–Crippen MR) is 137 cm³/mol. The van der Waals surface area contributed by atoms with Crippen LogP contribution in [0.15, 0.2) is 66.7 Å². The van der Waals surface area contributed by atoms with Crippen LogP contribution in [0.25, 0.3) is 0 Å². The van der Waals surface area contributed by atoms with Gasteiger partial charge in [0.05, 0.1) is 6.04 Å². The molecule has 2 aromatic rings. The molecule has 2 heterocycles. The van der Waals surface area contributed by atoms with E-state index in [4.69, 9.17) is 9.90 Å². The first-order chi connectivity index (χ1) is 18.1. The number of carboxylic acid groups (broad SMARTS) is 1. The third kappa shape index (κ3) is 9.13. The van der Waals surface area contributed by atoms with Gasteiger partial charge in [-0.05, 0) is 60.9 Å². The largest absolute Gasteiger partial charge is 0.490 e. The summed E-state index contributed by atoms with van der Waals surface area (Å²) in [6.45, 7) is 2.26. The van der Waals surface area contributed by atoms with E-state index in [9.17, 15) is 22.8 Å². The van der Waals surface area contributed by atoms with Crippen LogP contribution >= 0.6 is 0 Å². The van der Waals surface area contributed by atoms with Crippen LogP contribution in [0.1, 0.15) is 48.8 Å². The summed E-state index contributed by atoms with van der Waals surface area (Å²) in [5, 5.41) is 10.5. The number of hydrogen-bond acceptors (Lipinski definition) is 4. The number of carbonyl (C=O) groups excluding carboxylic acids is 2. The van der Waals surface area contributed by atoms with Gasteiger partial charge in [0.1, 0.15) is 5.78 Å². The fourth-order valence-corrected chi connectivity index (χ4v) is 4.60. The van der Waals surface area contributed by atoms with Gasteiger partial charge >= 0.3 is 12.1 Å². The van der Waals surface area contributed by atoms with E-state index in [0.717, 1.165) is 38.6 Å². The molecule has 0 bridgehead atoms. The van der Waals surface area contributed by atoms with E-state index in [1.807, 2.05) is 41.3 Å². The molecule has 2 aromatic carbocycles. The van der Waals surface area contributed by atoms with Gasteiger partial charge in [0.2, 0.25) is 5.91 Å². The Balaban J connectivity index is 0.000000505. The highest BCUT2D eigenvalue weighted by Gasteiger charge is 2.38. The molecule has 0 radical (unpaired) electrons. The molecule has 2 N–H and O–H groups in total. The summed E-state index contributed by atoms with van der Waals surface area (Å²) < 4.78 is 31.7. The maximum atomic E-state index is 12.9. The quantitative estimate of drug-likeness (QED) is 0.466. The zero-order valence-corrected chi connectivity index (χ0v) is 21.1. The average Bonchev–Trinajstić information content (AvgIpc) is 3.35. The molecule has 9 heteroatoms. The van der Waals surface area contributed by atoms with Crippen molar-refractivity contribution in [3.63, 3.8) is 0 Å². The van der Waals surface area contributed by atoms with E-state index >= 15 is 0 Å². The van der Waals surface area contributed by atoms with Crippen LogP contribution in [-0.4, -0.2) is 46.4 Å². The van der Waals surface area contributed by atoms with Gasteiger partial charge in [-0.1, -0.05) is 67.1 Å². The number of benzene rings is 2. The van der Waals surface area contributed by atoms with E-state index in [-0.39, 0.29) is 23.7 Å². The fraction of sp³-hybridized carbons (Fsp3) is 0.414. The number of halogens is 3. The van der Waals surface area contributed by atoms with Crippen molar-refractivity contribution in [3.8, 4) is 0 Å².